The Morgan fingerprint density at radius 3 is 2.91 bits per heavy atom. The summed E-state index contributed by atoms with van der Waals surface area (Å²) >= 11 is 0. The third-order valence-electron chi connectivity index (χ3n) is 1.19. The van der Waals surface area contributed by atoms with E-state index >= 15 is 0 Å². The third-order valence-corrected chi connectivity index (χ3v) is 1.19. The summed E-state index contributed by atoms with van der Waals surface area (Å²) in [6, 6.07) is 0. The van der Waals surface area contributed by atoms with Crippen molar-refractivity contribution in [3.63, 3.8) is 0 Å². The van der Waals surface area contributed by atoms with E-state index in [1.807, 2.05) is 24.6 Å². The van der Waals surface area contributed by atoms with Crippen LogP contribution in [-0.2, 0) is 0 Å². The van der Waals surface area contributed by atoms with Crippen LogP contribution < -0.4 is 0 Å². The molecule has 56 valence electrons. The highest BCUT2D eigenvalue weighted by Crippen LogP contribution is 2.01. The van der Waals surface area contributed by atoms with Crippen molar-refractivity contribution in [2.24, 2.45) is 0 Å². The van der Waals surface area contributed by atoms with Gasteiger partial charge in [-0.15, -0.1) is 0 Å². The van der Waals surface area contributed by atoms with E-state index in [1.165, 1.54) is 0 Å². The fourth-order valence-electron chi connectivity index (χ4n) is 0.759. The van der Waals surface area contributed by atoms with E-state index in [0.717, 1.165) is 5.82 Å². The molecule has 0 saturated carbocycles. The molecule has 0 radical (unpaired) electrons. The fourth-order valence-corrected chi connectivity index (χ4v) is 0.759. The molecule has 0 aliphatic carbocycles. The molecule has 0 atom stereocenters. The first-order chi connectivity index (χ1) is 5.47. The third kappa shape index (κ3) is 1.50. The second kappa shape index (κ2) is 3.62. The van der Waals surface area contributed by atoms with Gasteiger partial charge in [0.05, 0.1) is 6.20 Å². The standard InChI is InChI=1S/C7H4N2.C2H6/c1-2-5-9-6-4-8-7(9)3-1;1-2/h3-6H;1-2H3. The smallest absolute Gasteiger partial charge is 0.145 e. The van der Waals surface area contributed by atoms with Gasteiger partial charge in [-0.05, 0) is 0 Å². The predicted octanol–water partition coefficient (Wildman–Crippen LogP) is 2.16. The van der Waals surface area contributed by atoms with Crippen LogP contribution in [0.5, 0.6) is 0 Å². The number of hydrogen-bond acceptors (Lipinski definition) is 1. The lowest BCUT2D eigenvalue weighted by Crippen LogP contribution is -1.87. The Kier molecular flexibility index (Phi) is 2.51. The largest absolute Gasteiger partial charge is 0.299 e. The highest BCUT2D eigenvalue weighted by atomic mass is 15.0. The van der Waals surface area contributed by atoms with Gasteiger partial charge in [0.1, 0.15) is 5.82 Å². The van der Waals surface area contributed by atoms with Crippen LogP contribution in [0.25, 0.3) is 12.3 Å². The van der Waals surface area contributed by atoms with E-state index in [4.69, 9.17) is 0 Å². The van der Waals surface area contributed by atoms with Gasteiger partial charge < -0.3 is 0 Å². The Labute approximate surface area is 66.2 Å². The average Bonchev–Trinajstić information content (AvgIpc) is 2.55. The second-order valence-electron chi connectivity index (χ2n) is 1.75. The Hall–Kier alpha value is -1.49. The highest BCUT2D eigenvalue weighted by molar-refractivity contribution is 5.48. The summed E-state index contributed by atoms with van der Waals surface area (Å²) < 4.78 is 1.89. The minimum absolute atomic E-state index is 0.911. The zero-order valence-corrected chi connectivity index (χ0v) is 6.70. The van der Waals surface area contributed by atoms with Crippen LogP contribution in [0.3, 0.4) is 0 Å². The molecule has 2 heteroatoms. The first kappa shape index (κ1) is 7.62. The topological polar surface area (TPSA) is 17.8 Å². The summed E-state index contributed by atoms with van der Waals surface area (Å²) in [5.41, 5.74) is 5.63. The normalized spacial score (nSPS) is 10.4. The molecule has 0 unspecified atom stereocenters. The lowest BCUT2D eigenvalue weighted by molar-refractivity contribution is 1.10. The maximum absolute atomic E-state index is 4.03. The zero-order valence-electron chi connectivity index (χ0n) is 6.70. The van der Waals surface area contributed by atoms with Gasteiger partial charge in [0.25, 0.3) is 0 Å². The molecule has 1 aliphatic heterocycles. The van der Waals surface area contributed by atoms with E-state index in [2.05, 4.69) is 16.4 Å². The summed E-state index contributed by atoms with van der Waals surface area (Å²) in [7, 11) is 0. The maximum atomic E-state index is 4.03. The van der Waals surface area contributed by atoms with Crippen molar-refractivity contribution in [2.75, 3.05) is 0 Å². The summed E-state index contributed by atoms with van der Waals surface area (Å²) in [6.07, 6.45) is 7.21. The number of rotatable bonds is 0. The summed E-state index contributed by atoms with van der Waals surface area (Å²) in [5, 5.41) is 0. The predicted molar refractivity (Wildman–Crippen MR) is 45.8 cm³/mol. The Morgan fingerprint density at radius 1 is 1.36 bits per heavy atom. The number of imidazole rings is 1. The minimum atomic E-state index is 0.911. The van der Waals surface area contributed by atoms with Gasteiger partial charge in [0, 0.05) is 18.5 Å². The van der Waals surface area contributed by atoms with Gasteiger partial charge >= 0.3 is 0 Å². The highest BCUT2D eigenvalue weighted by Gasteiger charge is 1.94. The Balaban J connectivity index is 0.000000281. The molecule has 2 nitrogen and oxygen atoms in total. The van der Waals surface area contributed by atoms with Gasteiger partial charge in [-0.2, -0.15) is 0 Å². The number of nitrogens with zero attached hydrogens (tertiary/aromatic N) is 2. The maximum Gasteiger partial charge on any atom is 0.145 e. The van der Waals surface area contributed by atoms with Crippen molar-refractivity contribution < 1.29 is 0 Å². The van der Waals surface area contributed by atoms with Crippen molar-refractivity contribution in [3.05, 3.63) is 29.7 Å². The first-order valence-corrected chi connectivity index (χ1v) is 3.67. The monoisotopic (exact) mass is 146 g/mol. The van der Waals surface area contributed by atoms with Crippen LogP contribution in [0.1, 0.15) is 19.7 Å². The summed E-state index contributed by atoms with van der Waals surface area (Å²) in [6.45, 7) is 4.00. The molecule has 0 N–H and O–H groups in total. The molecule has 1 aromatic rings. The second-order valence-corrected chi connectivity index (χ2v) is 1.75. The molecule has 0 bridgehead atoms. The van der Waals surface area contributed by atoms with Crippen molar-refractivity contribution >= 4 is 12.3 Å². The van der Waals surface area contributed by atoms with Gasteiger partial charge in [-0.1, -0.05) is 25.3 Å². The van der Waals surface area contributed by atoms with Crippen molar-refractivity contribution in [1.82, 2.24) is 9.55 Å². The first-order valence-electron chi connectivity index (χ1n) is 3.67. The molecule has 2 heterocycles. The Morgan fingerprint density at radius 2 is 2.18 bits per heavy atom. The van der Waals surface area contributed by atoms with Crippen LogP contribution >= 0.6 is 0 Å². The van der Waals surface area contributed by atoms with Crippen LogP contribution in [0.15, 0.2) is 23.9 Å². The average molecular weight is 146 g/mol. The van der Waals surface area contributed by atoms with Gasteiger partial charge in [0.15, 0.2) is 0 Å². The summed E-state index contributed by atoms with van der Waals surface area (Å²) in [4.78, 5) is 4.03. The molecule has 11 heavy (non-hydrogen) atoms. The molecule has 2 rings (SSSR count). The molecule has 1 aromatic heterocycles. The van der Waals surface area contributed by atoms with Crippen LogP contribution in [0.2, 0.25) is 0 Å². The summed E-state index contributed by atoms with van der Waals surface area (Å²) in [5.74, 6) is 0.911. The van der Waals surface area contributed by atoms with E-state index in [9.17, 15) is 0 Å². The van der Waals surface area contributed by atoms with Gasteiger partial charge in [-0.25, -0.2) is 4.98 Å². The van der Waals surface area contributed by atoms with E-state index in [-0.39, 0.29) is 0 Å². The molecule has 0 amide bonds. The lowest BCUT2D eigenvalue weighted by Gasteiger charge is -1.93. The molecule has 0 saturated heterocycles. The number of fused-ring (bicyclic) bond motifs is 1. The zero-order chi connectivity index (χ0) is 8.10. The van der Waals surface area contributed by atoms with Crippen molar-refractivity contribution in [2.45, 2.75) is 13.8 Å². The van der Waals surface area contributed by atoms with Crippen LogP contribution in [0, 0.1) is 0 Å². The van der Waals surface area contributed by atoms with Crippen LogP contribution in [-0.4, -0.2) is 9.55 Å². The minimum Gasteiger partial charge on any atom is -0.299 e. The number of aromatic nitrogens is 2. The molecular formula is C9H10N2. The van der Waals surface area contributed by atoms with E-state index in [1.54, 1.807) is 18.5 Å². The van der Waals surface area contributed by atoms with Crippen molar-refractivity contribution in [1.29, 1.82) is 0 Å². The molecule has 0 fully saturated rings. The number of hydrogen-bond donors (Lipinski definition) is 0. The van der Waals surface area contributed by atoms with Crippen molar-refractivity contribution in [3.8, 4) is 0 Å². The molecular weight excluding hydrogens is 136 g/mol. The molecule has 1 aliphatic rings. The van der Waals surface area contributed by atoms with E-state index in [0.29, 0.717) is 0 Å². The molecule has 0 aromatic carbocycles. The molecule has 0 spiro atoms. The lowest BCUT2D eigenvalue weighted by atomic mass is 10.5. The van der Waals surface area contributed by atoms with Gasteiger partial charge in [-0.3, -0.25) is 4.57 Å². The quantitative estimate of drug-likeness (QED) is 0.521. The fraction of sp³-hybridized carbons (Fsp3) is 0.222. The SMILES string of the molecule is C1=C=Cn2ccnc2C=1.CC. The van der Waals surface area contributed by atoms with Crippen LogP contribution in [0.4, 0.5) is 0 Å². The van der Waals surface area contributed by atoms with E-state index < -0.39 is 0 Å². The van der Waals surface area contributed by atoms with Gasteiger partial charge in [0.2, 0.25) is 0 Å². The Bertz CT molecular complexity index is 291.